The van der Waals surface area contributed by atoms with Crippen molar-refractivity contribution >= 4 is 62.0 Å². The van der Waals surface area contributed by atoms with E-state index in [1.165, 1.54) is 0 Å². The highest BCUT2D eigenvalue weighted by Gasteiger charge is 2.13. The predicted molar refractivity (Wildman–Crippen MR) is 140 cm³/mol. The van der Waals surface area contributed by atoms with Crippen LogP contribution in [-0.4, -0.2) is 24.9 Å². The van der Waals surface area contributed by atoms with Crippen LogP contribution in [0, 0.1) is 13.5 Å². The lowest BCUT2D eigenvalue weighted by atomic mass is 10.0. The van der Waals surface area contributed by atoms with Gasteiger partial charge in [0.05, 0.1) is 12.8 Å². The summed E-state index contributed by atoms with van der Waals surface area (Å²) in [5.41, 5.74) is 4.20. The van der Waals surface area contributed by atoms with E-state index in [4.69, 9.17) is 18.2 Å². The van der Waals surface area contributed by atoms with Gasteiger partial charge in [0.25, 0.3) is 0 Å². The number of anilines is 2. The predicted octanol–water partition coefficient (Wildman–Crippen LogP) is 6.21. The Balaban J connectivity index is 0.00000324. The van der Waals surface area contributed by atoms with Crippen molar-refractivity contribution < 1.29 is 8.42 Å². The SMILES string of the molecule is Cl.[C-]#[N+]c1ccc2c(-c3cccc(NS(C)(=O)=O)c3)nnc(NCc3ccc(C)c(Cl)c3)c2c1. The van der Waals surface area contributed by atoms with E-state index < -0.39 is 10.0 Å². The van der Waals surface area contributed by atoms with Crippen LogP contribution in [0.2, 0.25) is 5.02 Å². The van der Waals surface area contributed by atoms with Gasteiger partial charge >= 0.3 is 0 Å². The molecule has 0 radical (unpaired) electrons. The maximum Gasteiger partial charge on any atom is 0.229 e. The minimum atomic E-state index is -3.41. The van der Waals surface area contributed by atoms with Crippen LogP contribution in [0.25, 0.3) is 26.9 Å². The van der Waals surface area contributed by atoms with Crippen LogP contribution < -0.4 is 10.0 Å². The molecule has 3 aromatic carbocycles. The lowest BCUT2D eigenvalue weighted by Gasteiger charge is -2.13. The molecule has 0 aliphatic heterocycles. The fourth-order valence-electron chi connectivity index (χ4n) is 3.43. The Bertz CT molecular complexity index is 1520. The number of sulfonamides is 1. The number of nitrogens with zero attached hydrogens (tertiary/aromatic N) is 3. The summed E-state index contributed by atoms with van der Waals surface area (Å²) >= 11 is 6.24. The molecule has 0 bridgehead atoms. The van der Waals surface area contributed by atoms with Crippen molar-refractivity contribution in [1.82, 2.24) is 10.2 Å². The highest BCUT2D eigenvalue weighted by Crippen LogP contribution is 2.33. The zero-order chi connectivity index (χ0) is 23.6. The fourth-order valence-corrected chi connectivity index (χ4v) is 4.19. The number of halogens is 2. The normalized spacial score (nSPS) is 10.9. The average Bonchev–Trinajstić information content (AvgIpc) is 2.78. The quantitative estimate of drug-likeness (QED) is 0.299. The van der Waals surface area contributed by atoms with Crippen LogP contribution in [0.5, 0.6) is 0 Å². The standard InChI is InChI=1S/C24H20ClN5O2S.ClH/c1-15-7-8-16(11-22(15)25)14-27-24-21-13-18(26-2)9-10-20(21)23(28-29-24)17-5-4-6-19(12-17)30-33(3,31)32;/h4-13,30H,14H2,1,3H3,(H,27,29);1H. The molecule has 174 valence electrons. The van der Waals surface area contributed by atoms with E-state index in [-0.39, 0.29) is 12.4 Å². The summed E-state index contributed by atoms with van der Waals surface area (Å²) in [5, 5.41) is 14.3. The van der Waals surface area contributed by atoms with E-state index in [1.54, 1.807) is 30.3 Å². The third-order valence-corrected chi connectivity index (χ3v) is 6.04. The van der Waals surface area contributed by atoms with Gasteiger partial charge in [0.2, 0.25) is 10.0 Å². The summed E-state index contributed by atoms with van der Waals surface area (Å²) in [5.74, 6) is 0.543. The zero-order valence-electron chi connectivity index (χ0n) is 18.3. The lowest BCUT2D eigenvalue weighted by molar-refractivity contribution is 0.607. The number of aryl methyl sites for hydroxylation is 1. The summed E-state index contributed by atoms with van der Waals surface area (Å²) in [6.07, 6.45) is 1.10. The van der Waals surface area contributed by atoms with Crippen molar-refractivity contribution in [3.63, 3.8) is 0 Å². The second-order valence-corrected chi connectivity index (χ2v) is 9.79. The summed E-state index contributed by atoms with van der Waals surface area (Å²) in [7, 11) is -3.41. The van der Waals surface area contributed by atoms with Gasteiger partial charge in [0.1, 0.15) is 5.69 Å². The minimum Gasteiger partial charge on any atom is -0.364 e. The number of nitrogens with one attached hydrogen (secondary N) is 2. The van der Waals surface area contributed by atoms with Crippen molar-refractivity contribution in [2.45, 2.75) is 13.5 Å². The molecule has 0 atom stereocenters. The van der Waals surface area contributed by atoms with Gasteiger partial charge in [0, 0.05) is 33.6 Å². The molecule has 0 unspecified atom stereocenters. The highest BCUT2D eigenvalue weighted by molar-refractivity contribution is 7.92. The molecule has 0 saturated carbocycles. The number of benzene rings is 3. The molecule has 34 heavy (non-hydrogen) atoms. The molecule has 1 aromatic heterocycles. The number of hydrogen-bond acceptors (Lipinski definition) is 5. The second-order valence-electron chi connectivity index (χ2n) is 7.63. The topological polar surface area (TPSA) is 88.3 Å². The van der Waals surface area contributed by atoms with Gasteiger partial charge < -0.3 is 5.32 Å². The molecule has 0 saturated heterocycles. The Labute approximate surface area is 209 Å². The molecule has 4 aromatic rings. The number of rotatable bonds is 6. The molecular formula is C24H21Cl2N5O2S. The average molecular weight is 514 g/mol. The lowest BCUT2D eigenvalue weighted by Crippen LogP contribution is -2.09. The number of hydrogen-bond donors (Lipinski definition) is 2. The van der Waals surface area contributed by atoms with Crippen LogP contribution in [0.15, 0.2) is 60.7 Å². The Hall–Kier alpha value is -3.38. The van der Waals surface area contributed by atoms with Crippen LogP contribution in [-0.2, 0) is 16.6 Å². The Morgan fingerprint density at radius 1 is 1.03 bits per heavy atom. The first-order chi connectivity index (χ1) is 15.7. The Morgan fingerprint density at radius 2 is 1.82 bits per heavy atom. The van der Waals surface area contributed by atoms with Gasteiger partial charge in [-0.05, 0) is 42.3 Å². The minimum absolute atomic E-state index is 0. The van der Waals surface area contributed by atoms with Crippen molar-refractivity contribution in [3.8, 4) is 11.3 Å². The first-order valence-corrected chi connectivity index (χ1v) is 12.3. The summed E-state index contributed by atoms with van der Waals surface area (Å²) in [6, 6.07) is 18.1. The molecular weight excluding hydrogens is 493 g/mol. The third-order valence-electron chi connectivity index (χ3n) is 5.03. The van der Waals surface area contributed by atoms with Crippen LogP contribution in [0.1, 0.15) is 11.1 Å². The summed E-state index contributed by atoms with van der Waals surface area (Å²) < 4.78 is 25.7. The van der Waals surface area contributed by atoms with E-state index in [9.17, 15) is 8.42 Å². The largest absolute Gasteiger partial charge is 0.364 e. The van der Waals surface area contributed by atoms with E-state index in [1.807, 2.05) is 37.3 Å². The molecule has 4 rings (SSSR count). The first kappa shape index (κ1) is 25.2. The number of fused-ring (bicyclic) bond motifs is 1. The molecule has 0 fully saturated rings. The van der Waals surface area contributed by atoms with Crippen molar-refractivity contribution in [1.29, 1.82) is 0 Å². The molecule has 0 amide bonds. The number of aromatic nitrogens is 2. The zero-order valence-corrected chi connectivity index (χ0v) is 20.7. The second kappa shape index (κ2) is 10.3. The summed E-state index contributed by atoms with van der Waals surface area (Å²) in [4.78, 5) is 3.54. The maximum atomic E-state index is 11.6. The van der Waals surface area contributed by atoms with Gasteiger partial charge in [-0.1, -0.05) is 48.0 Å². The van der Waals surface area contributed by atoms with Gasteiger partial charge in [-0.25, -0.2) is 13.3 Å². The van der Waals surface area contributed by atoms with Crippen molar-refractivity contribution in [2.75, 3.05) is 16.3 Å². The molecule has 0 aliphatic carbocycles. The van der Waals surface area contributed by atoms with E-state index >= 15 is 0 Å². The molecule has 1 heterocycles. The Morgan fingerprint density at radius 3 is 2.53 bits per heavy atom. The summed E-state index contributed by atoms with van der Waals surface area (Å²) in [6.45, 7) is 9.82. The van der Waals surface area contributed by atoms with Gasteiger partial charge in [-0.15, -0.1) is 22.6 Å². The smallest absolute Gasteiger partial charge is 0.229 e. The highest BCUT2D eigenvalue weighted by atomic mass is 35.5. The van der Waals surface area contributed by atoms with Crippen LogP contribution in [0.4, 0.5) is 17.2 Å². The molecule has 0 aliphatic rings. The molecule has 7 nitrogen and oxygen atoms in total. The van der Waals surface area contributed by atoms with Crippen LogP contribution >= 0.6 is 24.0 Å². The Kier molecular flexibility index (Phi) is 7.62. The molecule has 10 heteroatoms. The fraction of sp³-hybridized carbons (Fsp3) is 0.125. The van der Waals surface area contributed by atoms with Gasteiger partial charge in [0.15, 0.2) is 11.5 Å². The van der Waals surface area contributed by atoms with Crippen molar-refractivity contribution in [2.24, 2.45) is 0 Å². The first-order valence-electron chi connectivity index (χ1n) is 9.98. The third kappa shape index (κ3) is 5.75. The van der Waals surface area contributed by atoms with Crippen LogP contribution in [0.3, 0.4) is 0 Å². The van der Waals surface area contributed by atoms with E-state index in [0.717, 1.165) is 28.2 Å². The monoisotopic (exact) mass is 513 g/mol. The maximum absolute atomic E-state index is 11.6. The van der Waals surface area contributed by atoms with E-state index in [2.05, 4.69) is 25.1 Å². The molecule has 2 N–H and O–H groups in total. The van der Waals surface area contributed by atoms with Gasteiger partial charge in [-0.3, -0.25) is 4.72 Å². The van der Waals surface area contributed by atoms with E-state index in [0.29, 0.717) is 40.0 Å². The molecule has 0 spiro atoms. The van der Waals surface area contributed by atoms with Crippen molar-refractivity contribution in [3.05, 3.63) is 88.2 Å². The van der Waals surface area contributed by atoms with Gasteiger partial charge in [-0.2, -0.15) is 0 Å².